The van der Waals surface area contributed by atoms with Crippen molar-refractivity contribution in [2.75, 3.05) is 0 Å². The van der Waals surface area contributed by atoms with Crippen molar-refractivity contribution in [3.8, 4) is 23.1 Å². The normalized spacial score (nSPS) is 10.6. The van der Waals surface area contributed by atoms with E-state index in [0.717, 1.165) is 11.3 Å². The van der Waals surface area contributed by atoms with Crippen LogP contribution in [-0.4, -0.2) is 15.0 Å². The van der Waals surface area contributed by atoms with Crippen molar-refractivity contribution < 1.29 is 9.15 Å². The van der Waals surface area contributed by atoms with Crippen molar-refractivity contribution in [1.29, 1.82) is 0 Å². The van der Waals surface area contributed by atoms with Gasteiger partial charge in [-0.3, -0.25) is 0 Å². The standard InChI is InChI=1S/C14H9BrClN3O2/c1-8-7-20-12(18-8)9-4-2-3-5-11(9)21-13-10(15)6-17-14(16)19-13/h2-7H,1H3. The van der Waals surface area contributed by atoms with E-state index < -0.39 is 0 Å². The van der Waals surface area contributed by atoms with Crippen LogP contribution in [0.15, 0.2) is 45.6 Å². The largest absolute Gasteiger partial charge is 0.444 e. The Labute approximate surface area is 134 Å². The molecule has 0 saturated heterocycles. The second-order valence-corrected chi connectivity index (χ2v) is 5.38. The summed E-state index contributed by atoms with van der Waals surface area (Å²) in [6.45, 7) is 1.86. The Morgan fingerprint density at radius 1 is 1.24 bits per heavy atom. The number of para-hydroxylation sites is 1. The molecule has 0 fully saturated rings. The number of aryl methyl sites for hydroxylation is 1. The molecule has 1 aromatic carbocycles. The molecule has 21 heavy (non-hydrogen) atoms. The Hall–Kier alpha value is -1.92. The molecule has 5 nitrogen and oxygen atoms in total. The predicted molar refractivity (Wildman–Crippen MR) is 81.5 cm³/mol. The minimum atomic E-state index is 0.109. The third kappa shape index (κ3) is 3.06. The van der Waals surface area contributed by atoms with Crippen molar-refractivity contribution in [2.45, 2.75) is 6.92 Å². The van der Waals surface area contributed by atoms with E-state index >= 15 is 0 Å². The maximum Gasteiger partial charge on any atom is 0.238 e. The van der Waals surface area contributed by atoms with Gasteiger partial charge in [-0.25, -0.2) is 9.97 Å². The lowest BCUT2D eigenvalue weighted by Gasteiger charge is -2.09. The van der Waals surface area contributed by atoms with Crippen LogP contribution in [0.1, 0.15) is 5.69 Å². The molecular weight excluding hydrogens is 358 g/mol. The van der Waals surface area contributed by atoms with Gasteiger partial charge in [-0.1, -0.05) is 12.1 Å². The molecule has 0 radical (unpaired) electrons. The number of aromatic nitrogens is 3. The summed E-state index contributed by atoms with van der Waals surface area (Å²) >= 11 is 9.11. The first-order valence-electron chi connectivity index (χ1n) is 6.01. The first kappa shape index (κ1) is 14.0. The molecule has 0 saturated carbocycles. The van der Waals surface area contributed by atoms with Crippen molar-refractivity contribution in [3.05, 3.63) is 52.2 Å². The van der Waals surface area contributed by atoms with Gasteiger partial charge in [-0.15, -0.1) is 0 Å². The molecule has 2 heterocycles. The quantitative estimate of drug-likeness (QED) is 0.632. The fraction of sp³-hybridized carbons (Fsp3) is 0.0714. The summed E-state index contributed by atoms with van der Waals surface area (Å²) in [5, 5.41) is 0.109. The molecule has 106 valence electrons. The number of hydrogen-bond donors (Lipinski definition) is 0. The molecule has 0 aliphatic carbocycles. The highest BCUT2D eigenvalue weighted by Crippen LogP contribution is 2.34. The van der Waals surface area contributed by atoms with E-state index in [1.807, 2.05) is 25.1 Å². The van der Waals surface area contributed by atoms with Gasteiger partial charge in [0.1, 0.15) is 12.0 Å². The van der Waals surface area contributed by atoms with Crippen LogP contribution < -0.4 is 4.74 Å². The van der Waals surface area contributed by atoms with Crippen LogP contribution >= 0.6 is 27.5 Å². The van der Waals surface area contributed by atoms with Crippen molar-refractivity contribution in [2.24, 2.45) is 0 Å². The number of benzene rings is 1. The fourth-order valence-corrected chi connectivity index (χ4v) is 2.11. The monoisotopic (exact) mass is 365 g/mol. The zero-order valence-corrected chi connectivity index (χ0v) is 13.2. The lowest BCUT2D eigenvalue weighted by atomic mass is 10.2. The summed E-state index contributed by atoms with van der Waals surface area (Å²) in [6.07, 6.45) is 3.12. The van der Waals surface area contributed by atoms with Crippen molar-refractivity contribution >= 4 is 27.5 Å². The van der Waals surface area contributed by atoms with Crippen LogP contribution in [0, 0.1) is 6.92 Å². The Kier molecular flexibility index (Phi) is 3.90. The van der Waals surface area contributed by atoms with Gasteiger partial charge in [0, 0.05) is 6.20 Å². The minimum absolute atomic E-state index is 0.109. The molecule has 0 bridgehead atoms. The molecule has 0 N–H and O–H groups in total. The first-order valence-corrected chi connectivity index (χ1v) is 7.18. The zero-order valence-electron chi connectivity index (χ0n) is 10.9. The number of halogens is 2. The van der Waals surface area contributed by atoms with Crippen molar-refractivity contribution in [3.63, 3.8) is 0 Å². The van der Waals surface area contributed by atoms with Crippen LogP contribution in [0.5, 0.6) is 11.6 Å². The Bertz CT molecular complexity index is 791. The van der Waals surface area contributed by atoms with E-state index in [1.165, 1.54) is 6.20 Å². The lowest BCUT2D eigenvalue weighted by molar-refractivity contribution is 0.456. The highest BCUT2D eigenvalue weighted by Gasteiger charge is 2.14. The molecule has 0 aliphatic heterocycles. The van der Waals surface area contributed by atoms with E-state index in [-0.39, 0.29) is 5.28 Å². The van der Waals surface area contributed by atoms with Gasteiger partial charge < -0.3 is 9.15 Å². The number of rotatable bonds is 3. The van der Waals surface area contributed by atoms with E-state index in [2.05, 4.69) is 30.9 Å². The maximum atomic E-state index is 5.80. The number of nitrogens with zero attached hydrogens (tertiary/aromatic N) is 3. The van der Waals surface area contributed by atoms with Crippen LogP contribution in [0.2, 0.25) is 5.28 Å². The van der Waals surface area contributed by atoms with E-state index in [0.29, 0.717) is 22.0 Å². The first-order chi connectivity index (χ1) is 10.1. The van der Waals surface area contributed by atoms with E-state index in [9.17, 15) is 0 Å². The Morgan fingerprint density at radius 3 is 2.81 bits per heavy atom. The molecule has 0 aliphatic rings. The molecule has 0 spiro atoms. The third-order valence-electron chi connectivity index (χ3n) is 2.63. The number of ether oxygens (including phenoxy) is 1. The van der Waals surface area contributed by atoms with Gasteiger partial charge in [-0.05, 0) is 46.6 Å². The molecule has 3 aromatic rings. The molecule has 0 atom stereocenters. The summed E-state index contributed by atoms with van der Waals surface area (Å²) in [5.41, 5.74) is 1.53. The van der Waals surface area contributed by atoms with Crippen molar-refractivity contribution in [1.82, 2.24) is 15.0 Å². The number of hydrogen-bond acceptors (Lipinski definition) is 5. The predicted octanol–water partition coefficient (Wildman–Crippen LogP) is 4.65. The number of oxazole rings is 1. The van der Waals surface area contributed by atoms with E-state index in [4.69, 9.17) is 20.8 Å². The zero-order chi connectivity index (χ0) is 14.8. The van der Waals surface area contributed by atoms with E-state index in [1.54, 1.807) is 12.3 Å². The molecule has 0 amide bonds. The van der Waals surface area contributed by atoms with Crippen LogP contribution in [0.25, 0.3) is 11.5 Å². The fourth-order valence-electron chi connectivity index (χ4n) is 1.72. The van der Waals surface area contributed by atoms with Gasteiger partial charge in [-0.2, -0.15) is 4.98 Å². The molecule has 3 rings (SSSR count). The summed E-state index contributed by atoms with van der Waals surface area (Å²) in [4.78, 5) is 12.2. The SMILES string of the molecule is Cc1coc(-c2ccccc2Oc2nc(Cl)ncc2Br)n1. The van der Waals surface area contributed by atoms with Crippen LogP contribution in [0.3, 0.4) is 0 Å². The summed E-state index contributed by atoms with van der Waals surface area (Å²) in [7, 11) is 0. The maximum absolute atomic E-state index is 5.80. The van der Waals surface area contributed by atoms with Crippen LogP contribution in [-0.2, 0) is 0 Å². The molecule has 0 unspecified atom stereocenters. The molecule has 7 heteroatoms. The van der Waals surface area contributed by atoms with Gasteiger partial charge in [0.2, 0.25) is 17.1 Å². The highest BCUT2D eigenvalue weighted by molar-refractivity contribution is 9.10. The third-order valence-corrected chi connectivity index (χ3v) is 3.35. The lowest BCUT2D eigenvalue weighted by Crippen LogP contribution is -1.93. The second kappa shape index (κ2) is 5.83. The Morgan fingerprint density at radius 2 is 2.05 bits per heavy atom. The molecular formula is C14H9BrClN3O2. The Balaban J connectivity index is 2.01. The molecule has 2 aromatic heterocycles. The average molecular weight is 367 g/mol. The van der Waals surface area contributed by atoms with Gasteiger partial charge in [0.15, 0.2) is 0 Å². The topological polar surface area (TPSA) is 61.0 Å². The smallest absolute Gasteiger partial charge is 0.238 e. The van der Waals surface area contributed by atoms with Gasteiger partial charge >= 0.3 is 0 Å². The van der Waals surface area contributed by atoms with Crippen LogP contribution in [0.4, 0.5) is 0 Å². The van der Waals surface area contributed by atoms with Gasteiger partial charge in [0.25, 0.3) is 0 Å². The highest BCUT2D eigenvalue weighted by atomic mass is 79.9. The summed E-state index contributed by atoms with van der Waals surface area (Å²) in [5.74, 6) is 1.37. The second-order valence-electron chi connectivity index (χ2n) is 4.18. The van der Waals surface area contributed by atoms with Gasteiger partial charge in [0.05, 0.1) is 15.7 Å². The summed E-state index contributed by atoms with van der Waals surface area (Å²) < 4.78 is 11.8. The summed E-state index contributed by atoms with van der Waals surface area (Å²) in [6, 6.07) is 7.39. The minimum Gasteiger partial charge on any atom is -0.444 e. The average Bonchev–Trinajstić information content (AvgIpc) is 2.90.